The maximum Gasteiger partial charge on any atom is 0.226 e. The van der Waals surface area contributed by atoms with Gasteiger partial charge in [0.05, 0.1) is 0 Å². The Balaban J connectivity index is 1.57. The van der Waals surface area contributed by atoms with Gasteiger partial charge in [-0.2, -0.15) is 0 Å². The summed E-state index contributed by atoms with van der Waals surface area (Å²) < 4.78 is 0. The normalized spacial score (nSPS) is 34.5. The number of likely N-dealkylation sites (N-methyl/N-ethyl adjacent to an activating group) is 1. The van der Waals surface area contributed by atoms with Crippen LogP contribution in [0.4, 0.5) is 0 Å². The zero-order valence-corrected chi connectivity index (χ0v) is 12.3. The summed E-state index contributed by atoms with van der Waals surface area (Å²) >= 11 is 0. The second-order valence-electron chi connectivity index (χ2n) is 6.63. The Morgan fingerprint density at radius 2 is 2.05 bits per heavy atom. The lowest BCUT2D eigenvalue weighted by Crippen LogP contribution is -2.54. The van der Waals surface area contributed by atoms with Gasteiger partial charge in [0.2, 0.25) is 5.91 Å². The fraction of sp³-hybridized carbons (Fsp3) is 0.933. The molecule has 1 aliphatic carbocycles. The van der Waals surface area contributed by atoms with Crippen LogP contribution in [-0.4, -0.2) is 61.0 Å². The Morgan fingerprint density at radius 3 is 2.68 bits per heavy atom. The van der Waals surface area contributed by atoms with E-state index in [1.807, 2.05) is 0 Å². The van der Waals surface area contributed by atoms with Crippen molar-refractivity contribution in [1.29, 1.82) is 0 Å². The highest BCUT2D eigenvalue weighted by molar-refractivity contribution is 5.83. The van der Waals surface area contributed by atoms with Crippen LogP contribution in [0.2, 0.25) is 0 Å². The first-order valence-corrected chi connectivity index (χ1v) is 7.90. The molecule has 108 valence electrons. The van der Waals surface area contributed by atoms with Gasteiger partial charge in [-0.25, -0.2) is 0 Å². The smallest absolute Gasteiger partial charge is 0.226 e. The standard InChI is InChI=1S/C15H27N3O/c1-3-17-8-9-18(11-12(17)2)14(19)13-10-15(13)4-6-16-7-5-15/h12-13,16H,3-11H2,1-2H3. The topological polar surface area (TPSA) is 35.6 Å². The average Bonchev–Trinajstić information content (AvgIpc) is 3.12. The number of piperidine rings is 1. The Kier molecular flexibility index (Phi) is 3.56. The molecule has 2 unspecified atom stereocenters. The van der Waals surface area contributed by atoms with Gasteiger partial charge in [0.15, 0.2) is 0 Å². The van der Waals surface area contributed by atoms with Crippen LogP contribution in [0.1, 0.15) is 33.1 Å². The van der Waals surface area contributed by atoms with E-state index in [1.165, 1.54) is 12.8 Å². The number of piperazine rings is 1. The van der Waals surface area contributed by atoms with E-state index >= 15 is 0 Å². The molecule has 1 saturated carbocycles. The number of rotatable bonds is 2. The molecular formula is C15H27N3O. The minimum absolute atomic E-state index is 0.343. The van der Waals surface area contributed by atoms with Crippen LogP contribution in [0.5, 0.6) is 0 Å². The lowest BCUT2D eigenvalue weighted by molar-refractivity contribution is -0.136. The first-order valence-electron chi connectivity index (χ1n) is 7.90. The van der Waals surface area contributed by atoms with Crippen LogP contribution in [-0.2, 0) is 4.79 Å². The van der Waals surface area contributed by atoms with Crippen LogP contribution in [0.15, 0.2) is 0 Å². The van der Waals surface area contributed by atoms with Gasteiger partial charge in [-0.3, -0.25) is 9.69 Å². The van der Waals surface area contributed by atoms with Crippen molar-refractivity contribution in [2.45, 2.75) is 39.2 Å². The average molecular weight is 265 g/mol. The summed E-state index contributed by atoms with van der Waals surface area (Å²) in [5.74, 6) is 0.791. The molecule has 0 aromatic carbocycles. The monoisotopic (exact) mass is 265 g/mol. The van der Waals surface area contributed by atoms with E-state index in [4.69, 9.17) is 0 Å². The van der Waals surface area contributed by atoms with Crippen molar-refractivity contribution in [2.24, 2.45) is 11.3 Å². The minimum atomic E-state index is 0.343. The highest BCUT2D eigenvalue weighted by atomic mass is 16.2. The summed E-state index contributed by atoms with van der Waals surface area (Å²) in [6.45, 7) is 10.7. The second kappa shape index (κ2) is 5.06. The molecule has 1 amide bonds. The minimum Gasteiger partial charge on any atom is -0.340 e. The predicted molar refractivity (Wildman–Crippen MR) is 75.9 cm³/mol. The molecule has 4 nitrogen and oxygen atoms in total. The molecule has 19 heavy (non-hydrogen) atoms. The molecule has 0 aromatic rings. The first kappa shape index (κ1) is 13.4. The van der Waals surface area contributed by atoms with Crippen molar-refractivity contribution < 1.29 is 4.79 Å². The largest absolute Gasteiger partial charge is 0.340 e. The number of amides is 1. The van der Waals surface area contributed by atoms with Gasteiger partial charge < -0.3 is 10.2 Å². The summed E-state index contributed by atoms with van der Waals surface area (Å²) in [7, 11) is 0. The number of hydrogen-bond acceptors (Lipinski definition) is 3. The Labute approximate surface area is 116 Å². The molecule has 0 aromatic heterocycles. The molecule has 0 radical (unpaired) electrons. The van der Waals surface area contributed by atoms with E-state index in [0.29, 0.717) is 23.3 Å². The molecule has 3 rings (SSSR count). The number of nitrogens with one attached hydrogen (secondary N) is 1. The first-order chi connectivity index (χ1) is 9.16. The molecule has 1 spiro atoms. The lowest BCUT2D eigenvalue weighted by atomic mass is 9.91. The molecule has 3 aliphatic rings. The fourth-order valence-corrected chi connectivity index (χ4v) is 4.06. The van der Waals surface area contributed by atoms with Gasteiger partial charge in [-0.1, -0.05) is 6.92 Å². The molecular weight excluding hydrogens is 238 g/mol. The van der Waals surface area contributed by atoms with Crippen molar-refractivity contribution in [3.05, 3.63) is 0 Å². The highest BCUT2D eigenvalue weighted by Gasteiger charge is 2.58. The third kappa shape index (κ3) is 2.40. The van der Waals surface area contributed by atoms with Gasteiger partial charge in [0, 0.05) is 31.6 Å². The molecule has 2 aliphatic heterocycles. The van der Waals surface area contributed by atoms with Crippen molar-refractivity contribution in [3.63, 3.8) is 0 Å². The molecule has 2 heterocycles. The Morgan fingerprint density at radius 1 is 1.32 bits per heavy atom. The maximum absolute atomic E-state index is 12.7. The molecule has 0 bridgehead atoms. The summed E-state index contributed by atoms with van der Waals surface area (Å²) in [6.07, 6.45) is 3.55. The number of carbonyl (C=O) groups is 1. The summed E-state index contributed by atoms with van der Waals surface area (Å²) in [5.41, 5.74) is 0.382. The summed E-state index contributed by atoms with van der Waals surface area (Å²) in [5, 5.41) is 3.41. The third-order valence-corrected chi connectivity index (χ3v) is 5.57. The zero-order valence-electron chi connectivity index (χ0n) is 12.3. The van der Waals surface area contributed by atoms with Crippen LogP contribution in [0.3, 0.4) is 0 Å². The summed E-state index contributed by atoms with van der Waals surface area (Å²) in [4.78, 5) is 17.3. The van der Waals surface area contributed by atoms with Gasteiger partial charge >= 0.3 is 0 Å². The SMILES string of the molecule is CCN1CCN(C(=O)C2CC23CCNCC3)CC1C. The van der Waals surface area contributed by atoms with E-state index in [0.717, 1.165) is 45.7 Å². The number of nitrogens with zero attached hydrogens (tertiary/aromatic N) is 2. The van der Waals surface area contributed by atoms with Crippen LogP contribution >= 0.6 is 0 Å². The fourth-order valence-electron chi connectivity index (χ4n) is 4.06. The van der Waals surface area contributed by atoms with E-state index in [-0.39, 0.29) is 0 Å². The van der Waals surface area contributed by atoms with Crippen molar-refractivity contribution in [3.8, 4) is 0 Å². The van der Waals surface area contributed by atoms with Crippen molar-refractivity contribution in [2.75, 3.05) is 39.3 Å². The zero-order chi connectivity index (χ0) is 13.5. The Bertz CT molecular complexity index is 351. The number of hydrogen-bond donors (Lipinski definition) is 1. The Hall–Kier alpha value is -0.610. The van der Waals surface area contributed by atoms with Crippen molar-refractivity contribution in [1.82, 2.24) is 15.1 Å². The van der Waals surface area contributed by atoms with Crippen molar-refractivity contribution >= 4 is 5.91 Å². The van der Waals surface area contributed by atoms with E-state index in [9.17, 15) is 4.79 Å². The van der Waals surface area contributed by atoms with Gasteiger partial charge in [0.1, 0.15) is 0 Å². The molecule has 2 saturated heterocycles. The third-order valence-electron chi connectivity index (χ3n) is 5.57. The highest BCUT2D eigenvalue weighted by Crippen LogP contribution is 2.59. The maximum atomic E-state index is 12.7. The van der Waals surface area contributed by atoms with E-state index in [2.05, 4.69) is 29.0 Å². The van der Waals surface area contributed by atoms with E-state index < -0.39 is 0 Å². The molecule has 2 atom stereocenters. The molecule has 3 fully saturated rings. The quantitative estimate of drug-likeness (QED) is 0.807. The number of carbonyl (C=O) groups excluding carboxylic acids is 1. The molecule has 4 heteroatoms. The second-order valence-corrected chi connectivity index (χ2v) is 6.63. The van der Waals surface area contributed by atoms with Gasteiger partial charge in [0.25, 0.3) is 0 Å². The van der Waals surface area contributed by atoms with Crippen LogP contribution in [0.25, 0.3) is 0 Å². The van der Waals surface area contributed by atoms with Gasteiger partial charge in [-0.15, -0.1) is 0 Å². The molecule has 1 N–H and O–H groups in total. The van der Waals surface area contributed by atoms with Crippen LogP contribution < -0.4 is 5.32 Å². The lowest BCUT2D eigenvalue weighted by Gasteiger charge is -2.39. The predicted octanol–water partition coefficient (Wildman–Crippen LogP) is 0.929. The van der Waals surface area contributed by atoms with Crippen LogP contribution in [0, 0.1) is 11.3 Å². The van der Waals surface area contributed by atoms with Gasteiger partial charge in [-0.05, 0) is 51.2 Å². The summed E-state index contributed by atoms with van der Waals surface area (Å²) in [6, 6.07) is 0.519. The van der Waals surface area contributed by atoms with E-state index in [1.54, 1.807) is 0 Å².